The van der Waals surface area contributed by atoms with Gasteiger partial charge in [-0.2, -0.15) is 0 Å². The highest BCUT2D eigenvalue weighted by atomic mass is 35.5. The number of sulfonamides is 1. The predicted octanol–water partition coefficient (Wildman–Crippen LogP) is 8.30. The average molecular weight is 899 g/mol. The maximum atomic E-state index is 13.9. The molecule has 332 valence electrons. The fourth-order valence-corrected chi connectivity index (χ4v) is 9.17. The first-order valence-corrected chi connectivity index (χ1v) is 22.8. The van der Waals surface area contributed by atoms with Crippen molar-refractivity contribution < 1.29 is 32.9 Å². The number of rotatable bonds is 17. The molecule has 1 saturated heterocycles. The summed E-state index contributed by atoms with van der Waals surface area (Å²) in [6, 6.07) is 20.1. The van der Waals surface area contributed by atoms with Gasteiger partial charge < -0.3 is 19.9 Å². The highest BCUT2D eigenvalue weighted by Gasteiger charge is 2.30. The molecule has 1 aliphatic carbocycles. The van der Waals surface area contributed by atoms with Crippen LogP contribution in [0.5, 0.6) is 11.5 Å². The van der Waals surface area contributed by atoms with Crippen LogP contribution in [0.25, 0.3) is 16.6 Å². The summed E-state index contributed by atoms with van der Waals surface area (Å²) in [7, 11) is -4.60. The number of hydrogen-bond acceptors (Lipinski definition) is 12. The SMILES string of the molecule is CC1(C)CCC(CN2CCN(c3ccc(C(=O)NS(=O)(=O)c4ccc(NCCCCCC(=O)NO)c([N+](=O)[O-])c4)c(Oc4cnc5[nH]ccc5c4)c3)CC2)=C(c2ccc(Cl)cc2)C1. The lowest BCUT2D eigenvalue weighted by atomic mass is 9.72. The molecule has 63 heavy (non-hydrogen) atoms. The number of nitrogens with zero attached hydrogens (tertiary/aromatic N) is 4. The third-order valence-corrected chi connectivity index (χ3v) is 13.1. The zero-order valence-corrected chi connectivity index (χ0v) is 36.7. The molecule has 7 rings (SSSR count). The van der Waals surface area contributed by atoms with Crippen molar-refractivity contribution >= 4 is 67.1 Å². The van der Waals surface area contributed by atoms with E-state index in [-0.39, 0.29) is 28.8 Å². The summed E-state index contributed by atoms with van der Waals surface area (Å²) >= 11 is 6.23. The third-order valence-electron chi connectivity index (χ3n) is 11.6. The van der Waals surface area contributed by atoms with Crippen LogP contribution in [0.3, 0.4) is 0 Å². The number of nitro groups is 1. The van der Waals surface area contributed by atoms with Crippen molar-refractivity contribution in [2.45, 2.75) is 63.7 Å². The van der Waals surface area contributed by atoms with Crippen LogP contribution >= 0.6 is 11.6 Å². The Morgan fingerprint density at radius 2 is 1.78 bits per heavy atom. The summed E-state index contributed by atoms with van der Waals surface area (Å²) < 4.78 is 35.6. The molecular formula is C45H51ClN8O8S. The fraction of sp³-hybridized carbons (Fsp3) is 0.356. The maximum Gasteiger partial charge on any atom is 0.293 e. The van der Waals surface area contributed by atoms with E-state index in [0.717, 1.165) is 61.1 Å². The van der Waals surface area contributed by atoms with E-state index in [1.165, 1.54) is 41.1 Å². The first kappa shape index (κ1) is 45.0. The first-order valence-electron chi connectivity index (χ1n) is 20.9. The number of benzene rings is 3. The molecule has 0 spiro atoms. The quantitative estimate of drug-likeness (QED) is 0.0258. The summed E-state index contributed by atoms with van der Waals surface area (Å²) in [4.78, 5) is 48.0. The average Bonchev–Trinajstić information content (AvgIpc) is 3.74. The van der Waals surface area contributed by atoms with Crippen molar-refractivity contribution in [1.82, 2.24) is 25.1 Å². The molecule has 5 N–H and O–H groups in total. The molecule has 18 heteroatoms. The summed E-state index contributed by atoms with van der Waals surface area (Å²) in [5.41, 5.74) is 6.82. The number of unbranched alkanes of at least 4 members (excludes halogenated alkanes) is 2. The minimum atomic E-state index is -4.60. The standard InChI is InChI=1S/C45H51ClN8O8S/c1-45(2)17-15-32(38(27-45)30-7-9-33(46)10-8-30)29-52-20-22-53(23-21-52)34-11-13-37(41(25-34)62-35-24-31-16-19-48-43(31)49-28-35)44(56)51-63(60,61)36-12-14-39(40(26-36)54(58)59)47-18-5-3-4-6-42(55)50-57/h7-14,16,19,24-26,28,47,57H,3-6,15,17-18,20-23,27,29H2,1-2H3,(H,48,49)(H,50,55)(H,51,56). The van der Waals surface area contributed by atoms with Crippen molar-refractivity contribution in [1.29, 1.82) is 0 Å². The Kier molecular flexibility index (Phi) is 14.0. The fourth-order valence-electron chi connectivity index (χ4n) is 8.06. The van der Waals surface area contributed by atoms with Crippen molar-refractivity contribution in [3.63, 3.8) is 0 Å². The van der Waals surface area contributed by atoms with Crippen LogP contribution in [0.2, 0.25) is 5.02 Å². The molecule has 0 radical (unpaired) electrons. The molecule has 2 aliphatic rings. The number of aromatic nitrogens is 2. The zero-order valence-electron chi connectivity index (χ0n) is 35.2. The van der Waals surface area contributed by atoms with E-state index in [9.17, 15) is 28.1 Å². The second-order valence-electron chi connectivity index (χ2n) is 16.7. The maximum absolute atomic E-state index is 13.9. The van der Waals surface area contributed by atoms with Crippen LogP contribution in [-0.4, -0.2) is 84.5 Å². The highest BCUT2D eigenvalue weighted by molar-refractivity contribution is 7.90. The van der Waals surface area contributed by atoms with Gasteiger partial charge in [-0.15, -0.1) is 0 Å². The number of hydroxylamine groups is 1. The number of aromatic amines is 1. The Labute approximate surface area is 370 Å². The lowest BCUT2D eigenvalue weighted by Gasteiger charge is -2.39. The monoisotopic (exact) mass is 898 g/mol. The third kappa shape index (κ3) is 11.3. The molecule has 0 unspecified atom stereocenters. The second-order valence-corrected chi connectivity index (χ2v) is 18.8. The normalized spacial score (nSPS) is 15.6. The Morgan fingerprint density at radius 3 is 2.52 bits per heavy atom. The number of amides is 2. The van der Waals surface area contributed by atoms with E-state index >= 15 is 0 Å². The summed E-state index contributed by atoms with van der Waals surface area (Å²) in [6.07, 6.45) is 8.22. The molecule has 3 aromatic carbocycles. The van der Waals surface area contributed by atoms with Crippen molar-refractivity contribution in [3.05, 3.63) is 117 Å². The van der Waals surface area contributed by atoms with Gasteiger partial charge in [-0.1, -0.05) is 49.6 Å². The van der Waals surface area contributed by atoms with Crippen LogP contribution in [-0.2, 0) is 14.8 Å². The van der Waals surface area contributed by atoms with Gasteiger partial charge in [0.2, 0.25) is 5.91 Å². The lowest BCUT2D eigenvalue weighted by Crippen LogP contribution is -2.47. The number of hydrogen-bond donors (Lipinski definition) is 5. The molecule has 2 amide bonds. The Bertz CT molecular complexity index is 2630. The number of piperazine rings is 1. The van der Waals surface area contributed by atoms with Gasteiger partial charge in [-0.3, -0.25) is 29.8 Å². The van der Waals surface area contributed by atoms with Gasteiger partial charge in [0, 0.05) is 80.1 Å². The van der Waals surface area contributed by atoms with Crippen LogP contribution in [0.15, 0.2) is 95.7 Å². The molecule has 0 bridgehead atoms. The molecule has 1 fully saturated rings. The number of carbonyl (C=O) groups excluding carboxylic acids is 2. The Hall–Kier alpha value is -6.01. The number of nitrogens with one attached hydrogen (secondary N) is 4. The molecular weight excluding hydrogens is 848 g/mol. The number of halogens is 1. The van der Waals surface area contributed by atoms with Gasteiger partial charge in [0.25, 0.3) is 21.6 Å². The van der Waals surface area contributed by atoms with Gasteiger partial charge >= 0.3 is 0 Å². The highest BCUT2D eigenvalue weighted by Crippen LogP contribution is 2.43. The van der Waals surface area contributed by atoms with Gasteiger partial charge in [-0.25, -0.2) is 23.6 Å². The van der Waals surface area contributed by atoms with Gasteiger partial charge in [0.1, 0.15) is 22.8 Å². The van der Waals surface area contributed by atoms with E-state index in [2.05, 4.69) is 55.8 Å². The van der Waals surface area contributed by atoms with Crippen molar-refractivity contribution in [3.8, 4) is 11.5 Å². The van der Waals surface area contributed by atoms with Crippen LogP contribution < -0.4 is 25.2 Å². The molecule has 5 aromatic rings. The molecule has 16 nitrogen and oxygen atoms in total. The number of pyridine rings is 1. The Morgan fingerprint density at radius 1 is 1.00 bits per heavy atom. The van der Waals surface area contributed by atoms with Gasteiger partial charge in [0.15, 0.2) is 0 Å². The molecule has 0 atom stereocenters. The zero-order chi connectivity index (χ0) is 44.7. The summed E-state index contributed by atoms with van der Waals surface area (Å²) in [6.45, 7) is 8.85. The number of anilines is 2. The minimum absolute atomic E-state index is 0.0683. The van der Waals surface area contributed by atoms with Crippen molar-refractivity contribution in [2.24, 2.45) is 5.41 Å². The molecule has 2 aromatic heterocycles. The smallest absolute Gasteiger partial charge is 0.293 e. The van der Waals surface area contributed by atoms with Crippen LogP contribution in [0.1, 0.15) is 74.7 Å². The number of allylic oxidation sites excluding steroid dienone is 1. The largest absolute Gasteiger partial charge is 0.455 e. The molecule has 1 aliphatic heterocycles. The number of nitro benzene ring substituents is 1. The Balaban J connectivity index is 1.07. The number of carbonyl (C=O) groups is 2. The number of fused-ring (bicyclic) bond motifs is 1. The van der Waals surface area contributed by atoms with Crippen molar-refractivity contribution in [2.75, 3.05) is 49.5 Å². The van der Waals surface area contributed by atoms with E-state index in [1.807, 2.05) is 18.2 Å². The van der Waals surface area contributed by atoms with E-state index in [1.54, 1.807) is 29.9 Å². The second kappa shape index (κ2) is 19.6. The van der Waals surface area contributed by atoms with E-state index in [4.69, 9.17) is 21.5 Å². The summed E-state index contributed by atoms with van der Waals surface area (Å²) in [5, 5.41) is 25.1. The molecule has 0 saturated carbocycles. The van der Waals surface area contributed by atoms with E-state index in [0.29, 0.717) is 50.3 Å². The number of ether oxygens (including phenoxy) is 1. The van der Waals surface area contributed by atoms with Gasteiger partial charge in [-0.05, 0) is 97.2 Å². The summed E-state index contributed by atoms with van der Waals surface area (Å²) in [5.74, 6) is -1.06. The van der Waals surface area contributed by atoms with Crippen LogP contribution in [0.4, 0.5) is 17.1 Å². The number of H-pyrrole nitrogens is 1. The van der Waals surface area contributed by atoms with Gasteiger partial charge in [0.05, 0.1) is 21.6 Å². The van der Waals surface area contributed by atoms with E-state index < -0.39 is 37.3 Å². The first-order chi connectivity index (χ1) is 30.2. The minimum Gasteiger partial charge on any atom is -0.455 e. The molecule has 3 heterocycles. The topological polar surface area (TPSA) is 212 Å². The van der Waals surface area contributed by atoms with Crippen LogP contribution in [0, 0.1) is 15.5 Å². The predicted molar refractivity (Wildman–Crippen MR) is 242 cm³/mol. The lowest BCUT2D eigenvalue weighted by molar-refractivity contribution is -0.384.